The molecule has 1 aliphatic heterocycles. The summed E-state index contributed by atoms with van der Waals surface area (Å²) in [5, 5.41) is 0.916. The minimum absolute atomic E-state index is 0.0280. The Morgan fingerprint density at radius 1 is 1.40 bits per heavy atom. The van der Waals surface area contributed by atoms with Crippen LogP contribution in [0.1, 0.15) is 18.1 Å². The van der Waals surface area contributed by atoms with E-state index in [1.54, 1.807) is 31.1 Å². The highest BCUT2D eigenvalue weighted by molar-refractivity contribution is 5.98. The highest BCUT2D eigenvalue weighted by atomic mass is 16.5. The molecule has 132 valence electrons. The maximum absolute atomic E-state index is 12.6. The summed E-state index contributed by atoms with van der Waals surface area (Å²) in [5.41, 5.74) is 2.57. The standard InChI is InChI=1S/C19H22N2O4/c1-4-9-20-10-8-13-12-21(19(23)25-5-2)15-6-7-16(24-3)14(18(13)15)11-17(20)22/h4,6-7,12H,1,5,8-11H2,2-3H3. The molecule has 0 atom stereocenters. The lowest BCUT2D eigenvalue weighted by molar-refractivity contribution is -0.130. The Morgan fingerprint density at radius 3 is 2.88 bits per heavy atom. The van der Waals surface area contributed by atoms with Crippen LogP contribution < -0.4 is 4.74 Å². The van der Waals surface area contributed by atoms with Crippen molar-refractivity contribution in [2.24, 2.45) is 0 Å². The number of benzene rings is 1. The maximum Gasteiger partial charge on any atom is 0.418 e. The van der Waals surface area contributed by atoms with Crippen molar-refractivity contribution < 1.29 is 19.1 Å². The van der Waals surface area contributed by atoms with Crippen molar-refractivity contribution in [1.29, 1.82) is 0 Å². The summed E-state index contributed by atoms with van der Waals surface area (Å²) in [6.45, 7) is 6.90. The third-order valence-corrected chi connectivity index (χ3v) is 4.48. The van der Waals surface area contributed by atoms with Gasteiger partial charge in [0.2, 0.25) is 5.91 Å². The topological polar surface area (TPSA) is 60.8 Å². The molecule has 0 aliphatic carbocycles. The molecule has 0 fully saturated rings. The number of amides is 1. The summed E-state index contributed by atoms with van der Waals surface area (Å²) in [4.78, 5) is 26.7. The van der Waals surface area contributed by atoms with E-state index < -0.39 is 6.09 Å². The van der Waals surface area contributed by atoms with Gasteiger partial charge >= 0.3 is 6.09 Å². The van der Waals surface area contributed by atoms with Gasteiger partial charge in [-0.3, -0.25) is 9.36 Å². The van der Waals surface area contributed by atoms with E-state index in [1.165, 1.54) is 4.57 Å². The Kier molecular flexibility index (Phi) is 4.79. The van der Waals surface area contributed by atoms with Crippen molar-refractivity contribution in [1.82, 2.24) is 9.47 Å². The van der Waals surface area contributed by atoms with Crippen LogP contribution in [0.3, 0.4) is 0 Å². The van der Waals surface area contributed by atoms with Gasteiger partial charge < -0.3 is 14.4 Å². The molecule has 0 radical (unpaired) electrons. The van der Waals surface area contributed by atoms with Crippen LogP contribution in [-0.4, -0.2) is 48.3 Å². The van der Waals surface area contributed by atoms with Crippen molar-refractivity contribution in [2.75, 3.05) is 26.8 Å². The molecule has 1 aliphatic rings. The fourth-order valence-electron chi connectivity index (χ4n) is 3.36. The lowest BCUT2D eigenvalue weighted by Crippen LogP contribution is -2.35. The molecular formula is C19H22N2O4. The van der Waals surface area contributed by atoms with Crippen molar-refractivity contribution in [3.8, 4) is 5.75 Å². The second-order valence-electron chi connectivity index (χ2n) is 5.92. The van der Waals surface area contributed by atoms with E-state index in [0.717, 1.165) is 22.0 Å². The quantitative estimate of drug-likeness (QED) is 0.802. The van der Waals surface area contributed by atoms with Gasteiger partial charge in [0.15, 0.2) is 0 Å². The number of hydrogen-bond acceptors (Lipinski definition) is 4. The monoisotopic (exact) mass is 342 g/mol. The molecule has 0 saturated carbocycles. The Balaban J connectivity index is 2.18. The number of carbonyl (C=O) groups is 2. The lowest BCUT2D eigenvalue weighted by Gasteiger charge is -2.24. The van der Waals surface area contributed by atoms with Gasteiger partial charge in [0.05, 0.1) is 25.7 Å². The molecular weight excluding hydrogens is 320 g/mol. The molecule has 6 heteroatoms. The molecule has 0 N–H and O–H groups in total. The van der Waals surface area contributed by atoms with Crippen LogP contribution >= 0.6 is 0 Å². The Labute approximate surface area is 146 Å². The first-order chi connectivity index (χ1) is 12.1. The average molecular weight is 342 g/mol. The summed E-state index contributed by atoms with van der Waals surface area (Å²) >= 11 is 0. The van der Waals surface area contributed by atoms with Gasteiger partial charge in [0, 0.05) is 30.2 Å². The molecule has 2 heterocycles. The predicted octanol–water partition coefficient (Wildman–Crippen LogP) is 2.77. The predicted molar refractivity (Wildman–Crippen MR) is 95.1 cm³/mol. The van der Waals surface area contributed by atoms with Gasteiger partial charge in [0.1, 0.15) is 5.75 Å². The third-order valence-electron chi connectivity index (χ3n) is 4.48. The fraction of sp³-hybridized carbons (Fsp3) is 0.368. The minimum atomic E-state index is -0.414. The Morgan fingerprint density at radius 2 is 2.20 bits per heavy atom. The average Bonchev–Trinajstić information content (AvgIpc) is 2.97. The molecule has 3 rings (SSSR count). The van der Waals surface area contributed by atoms with E-state index in [9.17, 15) is 9.59 Å². The Hall–Kier alpha value is -2.76. The summed E-state index contributed by atoms with van der Waals surface area (Å²) in [5.74, 6) is 0.685. The van der Waals surface area contributed by atoms with E-state index in [-0.39, 0.29) is 12.3 Å². The number of ether oxygens (including phenoxy) is 2. The third kappa shape index (κ3) is 2.99. The molecule has 0 unspecified atom stereocenters. The highest BCUT2D eigenvalue weighted by Crippen LogP contribution is 2.34. The molecule has 6 nitrogen and oxygen atoms in total. The summed E-state index contributed by atoms with van der Waals surface area (Å²) < 4.78 is 12.1. The van der Waals surface area contributed by atoms with E-state index in [4.69, 9.17) is 9.47 Å². The van der Waals surface area contributed by atoms with E-state index in [0.29, 0.717) is 31.9 Å². The molecule has 0 bridgehead atoms. The highest BCUT2D eigenvalue weighted by Gasteiger charge is 2.25. The second kappa shape index (κ2) is 7.01. The van der Waals surface area contributed by atoms with Crippen LogP contribution in [0.4, 0.5) is 4.79 Å². The Bertz CT molecular complexity index is 838. The van der Waals surface area contributed by atoms with Crippen molar-refractivity contribution in [2.45, 2.75) is 19.8 Å². The summed E-state index contributed by atoms with van der Waals surface area (Å²) in [6, 6.07) is 3.63. The normalized spacial score (nSPS) is 14.2. The van der Waals surface area contributed by atoms with Crippen molar-refractivity contribution in [3.63, 3.8) is 0 Å². The molecule has 1 amide bonds. The zero-order chi connectivity index (χ0) is 18.0. The van der Waals surface area contributed by atoms with Gasteiger partial charge in [-0.15, -0.1) is 6.58 Å². The first-order valence-electron chi connectivity index (χ1n) is 8.36. The largest absolute Gasteiger partial charge is 0.496 e. The van der Waals surface area contributed by atoms with Gasteiger partial charge in [0.25, 0.3) is 0 Å². The SMILES string of the molecule is C=CCN1CCc2cn(C(=O)OCC)c3ccc(OC)c(c23)CC1=O. The van der Waals surface area contributed by atoms with Crippen LogP contribution in [0.2, 0.25) is 0 Å². The van der Waals surface area contributed by atoms with Crippen LogP contribution in [0.25, 0.3) is 10.9 Å². The van der Waals surface area contributed by atoms with Crippen LogP contribution in [0, 0.1) is 0 Å². The molecule has 0 spiro atoms. The van der Waals surface area contributed by atoms with E-state index in [2.05, 4.69) is 6.58 Å². The number of hydrogen-bond donors (Lipinski definition) is 0. The zero-order valence-corrected chi connectivity index (χ0v) is 14.6. The maximum atomic E-state index is 12.6. The van der Waals surface area contributed by atoms with Crippen molar-refractivity contribution in [3.05, 3.63) is 42.1 Å². The van der Waals surface area contributed by atoms with E-state index >= 15 is 0 Å². The number of carbonyl (C=O) groups excluding carboxylic acids is 2. The van der Waals surface area contributed by atoms with Gasteiger partial charge in [-0.25, -0.2) is 4.79 Å². The second-order valence-corrected chi connectivity index (χ2v) is 5.92. The lowest BCUT2D eigenvalue weighted by atomic mass is 9.98. The number of methoxy groups -OCH3 is 1. The van der Waals surface area contributed by atoms with Gasteiger partial charge in [-0.1, -0.05) is 6.08 Å². The summed E-state index contributed by atoms with van der Waals surface area (Å²) in [6.07, 6.45) is 4.01. The van der Waals surface area contributed by atoms with Crippen LogP contribution in [0.15, 0.2) is 31.0 Å². The molecule has 25 heavy (non-hydrogen) atoms. The zero-order valence-electron chi connectivity index (χ0n) is 14.6. The van der Waals surface area contributed by atoms with E-state index in [1.807, 2.05) is 12.3 Å². The molecule has 0 saturated heterocycles. The minimum Gasteiger partial charge on any atom is -0.496 e. The molecule has 2 aromatic rings. The van der Waals surface area contributed by atoms with Gasteiger partial charge in [-0.2, -0.15) is 0 Å². The summed E-state index contributed by atoms with van der Waals surface area (Å²) in [7, 11) is 1.59. The van der Waals surface area contributed by atoms with Crippen LogP contribution in [-0.2, 0) is 22.4 Å². The molecule has 1 aromatic carbocycles. The van der Waals surface area contributed by atoms with Crippen LogP contribution in [0.5, 0.6) is 5.75 Å². The number of nitrogens with zero attached hydrogens (tertiary/aromatic N) is 2. The first kappa shape index (κ1) is 17.1. The van der Waals surface area contributed by atoms with Crippen molar-refractivity contribution >= 4 is 22.9 Å². The first-order valence-corrected chi connectivity index (χ1v) is 8.36. The number of aromatic nitrogens is 1. The fourth-order valence-corrected chi connectivity index (χ4v) is 3.36. The smallest absolute Gasteiger partial charge is 0.418 e. The van der Waals surface area contributed by atoms with Gasteiger partial charge in [-0.05, 0) is 31.0 Å². The molecule has 1 aromatic heterocycles. The number of rotatable bonds is 4.